The first-order chi connectivity index (χ1) is 8.65. The molecule has 1 fully saturated rings. The highest BCUT2D eigenvalue weighted by molar-refractivity contribution is 5.01. The van der Waals surface area contributed by atoms with E-state index in [1.807, 2.05) is 16.9 Å². The lowest BCUT2D eigenvalue weighted by Crippen LogP contribution is -2.18. The van der Waals surface area contributed by atoms with Gasteiger partial charge < -0.3 is 5.11 Å². The van der Waals surface area contributed by atoms with Gasteiger partial charge in [-0.1, -0.05) is 32.1 Å². The van der Waals surface area contributed by atoms with Crippen molar-refractivity contribution in [2.24, 2.45) is 5.92 Å². The van der Waals surface area contributed by atoms with Crippen molar-refractivity contribution in [3.8, 4) is 0 Å². The molecule has 1 aliphatic carbocycles. The van der Waals surface area contributed by atoms with E-state index in [1.165, 1.54) is 32.1 Å². The third kappa shape index (κ3) is 3.84. The van der Waals surface area contributed by atoms with Gasteiger partial charge in [-0.25, -0.2) is 0 Å². The third-order valence-electron chi connectivity index (χ3n) is 3.97. The Morgan fingerprint density at radius 3 is 2.67 bits per heavy atom. The Labute approximate surface area is 110 Å². The van der Waals surface area contributed by atoms with Gasteiger partial charge in [-0.05, 0) is 32.3 Å². The van der Waals surface area contributed by atoms with E-state index in [9.17, 15) is 5.11 Å². The molecular weight excluding hydrogens is 224 g/mol. The van der Waals surface area contributed by atoms with E-state index in [0.29, 0.717) is 12.5 Å². The molecule has 18 heavy (non-hydrogen) atoms. The minimum Gasteiger partial charge on any atom is -0.393 e. The summed E-state index contributed by atoms with van der Waals surface area (Å²) in [7, 11) is 0. The van der Waals surface area contributed by atoms with Crippen molar-refractivity contribution in [3.05, 3.63) is 18.0 Å². The summed E-state index contributed by atoms with van der Waals surface area (Å²) in [4.78, 5) is 0. The van der Waals surface area contributed by atoms with Crippen LogP contribution in [0, 0.1) is 5.92 Å². The van der Waals surface area contributed by atoms with Crippen LogP contribution in [0.25, 0.3) is 0 Å². The second-order valence-corrected chi connectivity index (χ2v) is 5.98. The van der Waals surface area contributed by atoms with Crippen LogP contribution in [0.4, 0.5) is 0 Å². The van der Waals surface area contributed by atoms with Crippen LogP contribution in [-0.4, -0.2) is 21.0 Å². The van der Waals surface area contributed by atoms with Crippen LogP contribution in [0.2, 0.25) is 0 Å². The summed E-state index contributed by atoms with van der Waals surface area (Å²) in [6.07, 6.45) is 10.1. The monoisotopic (exact) mass is 250 g/mol. The molecule has 1 N–H and O–H groups in total. The molecule has 0 saturated heterocycles. The van der Waals surface area contributed by atoms with Gasteiger partial charge in [0.25, 0.3) is 0 Å². The lowest BCUT2D eigenvalue weighted by molar-refractivity contribution is 0.129. The number of aliphatic hydroxyl groups excluding tert-OH is 1. The average molecular weight is 250 g/mol. The molecule has 1 aromatic rings. The summed E-state index contributed by atoms with van der Waals surface area (Å²) >= 11 is 0. The fourth-order valence-corrected chi connectivity index (χ4v) is 2.91. The zero-order valence-corrected chi connectivity index (χ0v) is 11.7. The molecule has 1 heterocycles. The van der Waals surface area contributed by atoms with Crippen molar-refractivity contribution < 1.29 is 5.11 Å². The highest BCUT2D eigenvalue weighted by atomic mass is 16.3. The number of nitrogens with zero attached hydrogens (tertiary/aromatic N) is 2. The highest BCUT2D eigenvalue weighted by Gasteiger charge is 2.18. The van der Waals surface area contributed by atoms with E-state index in [0.717, 1.165) is 18.0 Å². The van der Waals surface area contributed by atoms with Gasteiger partial charge in [0.2, 0.25) is 0 Å². The molecule has 0 aromatic carbocycles. The molecule has 0 radical (unpaired) electrons. The Bertz CT molecular complexity index is 353. The van der Waals surface area contributed by atoms with Crippen molar-refractivity contribution >= 4 is 0 Å². The fraction of sp³-hybridized carbons (Fsp3) is 0.800. The van der Waals surface area contributed by atoms with Gasteiger partial charge in [-0.2, -0.15) is 5.10 Å². The van der Waals surface area contributed by atoms with Crippen LogP contribution in [-0.2, 0) is 6.42 Å². The standard InChI is InChI=1S/C15H26N2O/c1-12(2)17-9-8-14(16-17)11-15(18)10-13-6-4-3-5-7-13/h8-9,12-13,15,18H,3-7,10-11H2,1-2H3. The Hall–Kier alpha value is -0.830. The Balaban J connectivity index is 1.80. The van der Waals surface area contributed by atoms with Crippen LogP contribution in [0.15, 0.2) is 12.3 Å². The molecule has 1 unspecified atom stereocenters. The summed E-state index contributed by atoms with van der Waals surface area (Å²) in [5, 5.41) is 14.7. The summed E-state index contributed by atoms with van der Waals surface area (Å²) in [5.74, 6) is 0.737. The molecule has 0 aliphatic heterocycles. The molecule has 1 aliphatic rings. The first-order valence-electron chi connectivity index (χ1n) is 7.37. The quantitative estimate of drug-likeness (QED) is 0.870. The SMILES string of the molecule is CC(C)n1ccc(CC(O)CC2CCCCC2)n1. The lowest BCUT2D eigenvalue weighted by atomic mass is 9.85. The van der Waals surface area contributed by atoms with Crippen molar-refractivity contribution in [2.75, 3.05) is 0 Å². The van der Waals surface area contributed by atoms with Gasteiger partial charge in [0.1, 0.15) is 0 Å². The number of rotatable bonds is 5. The Kier molecular flexibility index (Phi) is 4.81. The Morgan fingerprint density at radius 1 is 1.33 bits per heavy atom. The minimum atomic E-state index is -0.219. The van der Waals surface area contributed by atoms with Gasteiger partial charge in [-0.15, -0.1) is 0 Å². The van der Waals surface area contributed by atoms with Crippen molar-refractivity contribution in [3.63, 3.8) is 0 Å². The second-order valence-electron chi connectivity index (χ2n) is 5.98. The molecule has 102 valence electrons. The van der Waals surface area contributed by atoms with E-state index < -0.39 is 0 Å². The number of aliphatic hydroxyl groups is 1. The number of hydrogen-bond donors (Lipinski definition) is 1. The summed E-state index contributed by atoms with van der Waals surface area (Å²) in [6, 6.07) is 2.43. The zero-order valence-electron chi connectivity index (χ0n) is 11.7. The van der Waals surface area contributed by atoms with Crippen molar-refractivity contribution in [1.29, 1.82) is 0 Å². The van der Waals surface area contributed by atoms with Crippen LogP contribution in [0.3, 0.4) is 0 Å². The molecule has 2 rings (SSSR count). The van der Waals surface area contributed by atoms with Crippen LogP contribution in [0.5, 0.6) is 0 Å². The molecule has 0 bridgehead atoms. The van der Waals surface area contributed by atoms with Gasteiger partial charge in [0.05, 0.1) is 11.8 Å². The maximum Gasteiger partial charge on any atom is 0.0650 e. The molecule has 3 nitrogen and oxygen atoms in total. The summed E-state index contributed by atoms with van der Waals surface area (Å²) in [6.45, 7) is 4.24. The van der Waals surface area contributed by atoms with Gasteiger partial charge >= 0.3 is 0 Å². The molecule has 1 aromatic heterocycles. The maximum atomic E-state index is 10.2. The lowest BCUT2D eigenvalue weighted by Gasteiger charge is -2.23. The smallest absolute Gasteiger partial charge is 0.0650 e. The molecule has 1 atom stereocenters. The summed E-state index contributed by atoms with van der Waals surface area (Å²) < 4.78 is 1.96. The topological polar surface area (TPSA) is 38.0 Å². The normalized spacial score (nSPS) is 19.3. The van der Waals surface area contributed by atoms with Crippen molar-refractivity contribution in [2.45, 2.75) is 70.9 Å². The molecule has 1 saturated carbocycles. The first kappa shape index (κ1) is 13.6. The van der Waals surface area contributed by atoms with Gasteiger partial charge in [0, 0.05) is 18.7 Å². The van der Waals surface area contributed by atoms with Gasteiger partial charge in [-0.3, -0.25) is 4.68 Å². The molecular formula is C15H26N2O. The van der Waals surface area contributed by atoms with E-state index in [2.05, 4.69) is 18.9 Å². The van der Waals surface area contributed by atoms with Crippen LogP contribution < -0.4 is 0 Å². The number of aromatic nitrogens is 2. The molecule has 3 heteroatoms. The summed E-state index contributed by atoms with van der Waals surface area (Å²) in [5.41, 5.74) is 1.02. The average Bonchev–Trinajstić information content (AvgIpc) is 2.78. The fourth-order valence-electron chi connectivity index (χ4n) is 2.91. The number of hydrogen-bond acceptors (Lipinski definition) is 2. The highest BCUT2D eigenvalue weighted by Crippen LogP contribution is 2.27. The molecule has 0 amide bonds. The van der Waals surface area contributed by atoms with Gasteiger partial charge in [0.15, 0.2) is 0 Å². The largest absolute Gasteiger partial charge is 0.393 e. The third-order valence-corrected chi connectivity index (χ3v) is 3.97. The Morgan fingerprint density at radius 2 is 2.06 bits per heavy atom. The maximum absolute atomic E-state index is 10.2. The second kappa shape index (κ2) is 6.37. The predicted molar refractivity (Wildman–Crippen MR) is 73.5 cm³/mol. The minimum absolute atomic E-state index is 0.219. The van der Waals surface area contributed by atoms with Crippen LogP contribution in [0.1, 0.15) is 64.1 Å². The van der Waals surface area contributed by atoms with Crippen LogP contribution >= 0.6 is 0 Å². The van der Waals surface area contributed by atoms with E-state index in [1.54, 1.807) is 0 Å². The zero-order chi connectivity index (χ0) is 13.0. The first-order valence-corrected chi connectivity index (χ1v) is 7.37. The van der Waals surface area contributed by atoms with Crippen molar-refractivity contribution in [1.82, 2.24) is 9.78 Å². The molecule has 0 spiro atoms. The predicted octanol–water partition coefficient (Wildman–Crippen LogP) is 3.34. The van der Waals surface area contributed by atoms with E-state index >= 15 is 0 Å². The van der Waals surface area contributed by atoms with E-state index in [-0.39, 0.29) is 6.10 Å². The van der Waals surface area contributed by atoms with E-state index in [4.69, 9.17) is 0 Å².